The molecule has 104 valence electrons. The zero-order valence-electron chi connectivity index (χ0n) is 11.6. The predicted molar refractivity (Wildman–Crippen MR) is 69.1 cm³/mol. The standard InChI is InChI=1S/C13H24N2O3/c1-4-8-15(9-11(16)18-3)13(17)12-10(2)6-5-7-14-12/h10,12,14H,4-9H2,1-3H3. The van der Waals surface area contributed by atoms with Gasteiger partial charge in [0.2, 0.25) is 5.91 Å². The molecule has 2 atom stereocenters. The molecule has 0 saturated carbocycles. The Kier molecular flexibility index (Phi) is 6.12. The molecule has 1 rings (SSSR count). The van der Waals surface area contributed by atoms with E-state index in [2.05, 4.69) is 17.0 Å². The second-order valence-electron chi connectivity index (χ2n) is 4.89. The summed E-state index contributed by atoms with van der Waals surface area (Å²) in [7, 11) is 1.35. The van der Waals surface area contributed by atoms with Crippen LogP contribution in [-0.2, 0) is 14.3 Å². The Balaban J connectivity index is 2.65. The summed E-state index contributed by atoms with van der Waals surface area (Å²) in [6, 6.07) is -0.157. The first-order valence-electron chi connectivity index (χ1n) is 6.69. The molecule has 5 nitrogen and oxygen atoms in total. The number of rotatable bonds is 5. The average Bonchev–Trinajstić information content (AvgIpc) is 2.38. The van der Waals surface area contributed by atoms with E-state index in [1.165, 1.54) is 7.11 Å². The van der Waals surface area contributed by atoms with Crippen molar-refractivity contribution >= 4 is 11.9 Å². The van der Waals surface area contributed by atoms with Gasteiger partial charge in [0.25, 0.3) is 0 Å². The van der Waals surface area contributed by atoms with Crippen LogP contribution in [0.5, 0.6) is 0 Å². The lowest BCUT2D eigenvalue weighted by Crippen LogP contribution is -2.53. The molecule has 0 radical (unpaired) electrons. The van der Waals surface area contributed by atoms with E-state index in [1.807, 2.05) is 6.92 Å². The number of nitrogens with one attached hydrogen (secondary N) is 1. The quantitative estimate of drug-likeness (QED) is 0.739. The summed E-state index contributed by atoms with van der Waals surface area (Å²) in [6.45, 7) is 5.60. The molecule has 18 heavy (non-hydrogen) atoms. The van der Waals surface area contributed by atoms with Crippen molar-refractivity contribution in [3.05, 3.63) is 0 Å². The van der Waals surface area contributed by atoms with Gasteiger partial charge in [-0.15, -0.1) is 0 Å². The normalized spacial score (nSPS) is 23.5. The number of hydrogen-bond acceptors (Lipinski definition) is 4. The highest BCUT2D eigenvalue weighted by molar-refractivity contribution is 5.86. The smallest absolute Gasteiger partial charge is 0.325 e. The van der Waals surface area contributed by atoms with Crippen LogP contribution in [0.1, 0.15) is 33.1 Å². The van der Waals surface area contributed by atoms with E-state index >= 15 is 0 Å². The van der Waals surface area contributed by atoms with Gasteiger partial charge in [0.15, 0.2) is 0 Å². The Labute approximate surface area is 109 Å². The molecule has 1 aliphatic heterocycles. The third-order valence-corrected chi connectivity index (χ3v) is 3.39. The average molecular weight is 256 g/mol. The Hall–Kier alpha value is -1.10. The maximum atomic E-state index is 12.4. The van der Waals surface area contributed by atoms with Crippen molar-refractivity contribution < 1.29 is 14.3 Å². The number of nitrogens with zero attached hydrogens (tertiary/aromatic N) is 1. The highest BCUT2D eigenvalue weighted by Gasteiger charge is 2.31. The largest absolute Gasteiger partial charge is 0.468 e. The Bertz CT molecular complexity index is 294. The maximum absolute atomic E-state index is 12.4. The van der Waals surface area contributed by atoms with E-state index < -0.39 is 0 Å². The molecular weight excluding hydrogens is 232 g/mol. The molecule has 0 bridgehead atoms. The van der Waals surface area contributed by atoms with Gasteiger partial charge >= 0.3 is 5.97 Å². The Morgan fingerprint density at radius 3 is 2.72 bits per heavy atom. The van der Waals surface area contributed by atoms with Gasteiger partial charge in [-0.25, -0.2) is 0 Å². The highest BCUT2D eigenvalue weighted by atomic mass is 16.5. The van der Waals surface area contributed by atoms with E-state index in [0.717, 1.165) is 25.8 Å². The first kappa shape index (κ1) is 15.0. The van der Waals surface area contributed by atoms with Crippen LogP contribution in [0.15, 0.2) is 0 Å². The first-order valence-corrected chi connectivity index (χ1v) is 6.69. The first-order chi connectivity index (χ1) is 8.60. The number of amides is 1. The van der Waals surface area contributed by atoms with Crippen LogP contribution in [0.4, 0.5) is 0 Å². The van der Waals surface area contributed by atoms with Gasteiger partial charge in [-0.05, 0) is 31.7 Å². The third-order valence-electron chi connectivity index (χ3n) is 3.39. The van der Waals surface area contributed by atoms with E-state index in [-0.39, 0.29) is 24.5 Å². The topological polar surface area (TPSA) is 58.6 Å². The fourth-order valence-corrected chi connectivity index (χ4v) is 2.33. The molecule has 1 aliphatic rings. The number of piperidine rings is 1. The summed E-state index contributed by atoms with van der Waals surface area (Å²) >= 11 is 0. The summed E-state index contributed by atoms with van der Waals surface area (Å²) in [6.07, 6.45) is 3.00. The SMILES string of the molecule is CCCN(CC(=O)OC)C(=O)C1NCCCC1C. The van der Waals surface area contributed by atoms with Crippen LogP contribution in [0, 0.1) is 5.92 Å². The molecule has 0 aromatic heterocycles. The van der Waals surface area contributed by atoms with Crippen LogP contribution in [0.2, 0.25) is 0 Å². The monoisotopic (exact) mass is 256 g/mol. The summed E-state index contributed by atoms with van der Waals surface area (Å²) in [5.41, 5.74) is 0. The minimum absolute atomic E-state index is 0.0226. The highest BCUT2D eigenvalue weighted by Crippen LogP contribution is 2.17. The summed E-state index contributed by atoms with van der Waals surface area (Å²) in [4.78, 5) is 25.3. The zero-order chi connectivity index (χ0) is 13.5. The molecule has 5 heteroatoms. The summed E-state index contributed by atoms with van der Waals surface area (Å²) < 4.78 is 4.64. The van der Waals surface area contributed by atoms with Crippen LogP contribution < -0.4 is 5.32 Å². The predicted octanol–water partition coefficient (Wildman–Crippen LogP) is 0.786. The fourth-order valence-electron chi connectivity index (χ4n) is 2.33. The zero-order valence-corrected chi connectivity index (χ0v) is 11.6. The molecule has 0 aromatic rings. The number of hydrogen-bond donors (Lipinski definition) is 1. The van der Waals surface area contributed by atoms with Crippen molar-refractivity contribution in [2.75, 3.05) is 26.7 Å². The molecule has 0 spiro atoms. The van der Waals surface area contributed by atoms with E-state index in [1.54, 1.807) is 4.90 Å². The van der Waals surface area contributed by atoms with Gasteiger partial charge in [-0.3, -0.25) is 9.59 Å². The molecule has 0 aromatic carbocycles. The lowest BCUT2D eigenvalue weighted by Gasteiger charge is -2.33. The van der Waals surface area contributed by atoms with Crippen LogP contribution in [0.25, 0.3) is 0 Å². The molecule has 1 N–H and O–H groups in total. The lowest BCUT2D eigenvalue weighted by molar-refractivity contribution is -0.148. The lowest BCUT2D eigenvalue weighted by atomic mass is 9.92. The second-order valence-corrected chi connectivity index (χ2v) is 4.89. The minimum Gasteiger partial charge on any atom is -0.468 e. The molecule has 1 fully saturated rings. The molecule has 1 amide bonds. The molecule has 0 aliphatic carbocycles. The van der Waals surface area contributed by atoms with E-state index in [0.29, 0.717) is 12.5 Å². The van der Waals surface area contributed by atoms with Gasteiger partial charge in [0.05, 0.1) is 13.2 Å². The maximum Gasteiger partial charge on any atom is 0.325 e. The second kappa shape index (κ2) is 7.36. The van der Waals surface area contributed by atoms with Crippen LogP contribution >= 0.6 is 0 Å². The fraction of sp³-hybridized carbons (Fsp3) is 0.846. The van der Waals surface area contributed by atoms with Gasteiger partial charge in [0.1, 0.15) is 6.54 Å². The number of carbonyl (C=O) groups is 2. The van der Waals surface area contributed by atoms with Crippen molar-refractivity contribution in [3.63, 3.8) is 0 Å². The van der Waals surface area contributed by atoms with Gasteiger partial charge in [-0.2, -0.15) is 0 Å². The summed E-state index contributed by atoms with van der Waals surface area (Å²) in [5.74, 6) is -0.0158. The molecule has 1 heterocycles. The van der Waals surface area contributed by atoms with Crippen LogP contribution in [-0.4, -0.2) is 49.6 Å². The van der Waals surface area contributed by atoms with Gasteiger partial charge < -0.3 is 15.0 Å². The van der Waals surface area contributed by atoms with Crippen molar-refractivity contribution in [1.82, 2.24) is 10.2 Å². The van der Waals surface area contributed by atoms with E-state index in [9.17, 15) is 9.59 Å². The van der Waals surface area contributed by atoms with Crippen molar-refractivity contribution in [3.8, 4) is 0 Å². The Morgan fingerprint density at radius 1 is 1.44 bits per heavy atom. The van der Waals surface area contributed by atoms with Crippen molar-refractivity contribution in [2.24, 2.45) is 5.92 Å². The third kappa shape index (κ3) is 3.98. The van der Waals surface area contributed by atoms with Gasteiger partial charge in [-0.1, -0.05) is 13.8 Å². The van der Waals surface area contributed by atoms with Gasteiger partial charge in [0, 0.05) is 6.54 Å². The van der Waals surface area contributed by atoms with Crippen molar-refractivity contribution in [1.29, 1.82) is 0 Å². The van der Waals surface area contributed by atoms with Crippen molar-refractivity contribution in [2.45, 2.75) is 39.2 Å². The molecule has 1 saturated heterocycles. The van der Waals surface area contributed by atoms with E-state index in [4.69, 9.17) is 0 Å². The molecular formula is C13H24N2O3. The molecule has 2 unspecified atom stereocenters. The Morgan fingerprint density at radius 2 is 2.17 bits per heavy atom. The summed E-state index contributed by atoms with van der Waals surface area (Å²) in [5, 5.41) is 3.26. The number of ether oxygens (including phenoxy) is 1. The number of carbonyl (C=O) groups excluding carboxylic acids is 2. The van der Waals surface area contributed by atoms with Crippen LogP contribution in [0.3, 0.4) is 0 Å². The number of methoxy groups -OCH3 is 1. The number of esters is 1. The minimum atomic E-state index is -0.361.